The van der Waals surface area contributed by atoms with Crippen LogP contribution in [0.15, 0.2) is 24.3 Å². The summed E-state index contributed by atoms with van der Waals surface area (Å²) in [7, 11) is 0. The number of nitrogens with two attached hydrogens (primary N) is 1. The monoisotopic (exact) mass is 272 g/mol. The third kappa shape index (κ3) is 3.04. The second-order valence-corrected chi connectivity index (χ2v) is 6.42. The van der Waals surface area contributed by atoms with Crippen molar-refractivity contribution < 1.29 is 4.79 Å². The van der Waals surface area contributed by atoms with Crippen molar-refractivity contribution in [3.8, 4) is 0 Å². The molecule has 0 spiro atoms. The maximum absolute atomic E-state index is 12.1. The van der Waals surface area contributed by atoms with E-state index in [1.54, 1.807) is 0 Å². The molecule has 2 aliphatic carbocycles. The van der Waals surface area contributed by atoms with Crippen LogP contribution in [0.5, 0.6) is 0 Å². The average molecular weight is 272 g/mol. The fourth-order valence-corrected chi connectivity index (χ4v) is 4.00. The maximum Gasteiger partial charge on any atom is 0.224 e. The molecule has 0 saturated heterocycles. The topological polar surface area (TPSA) is 55.1 Å². The van der Waals surface area contributed by atoms with Crippen molar-refractivity contribution in [1.82, 2.24) is 0 Å². The van der Waals surface area contributed by atoms with Crippen molar-refractivity contribution in [2.75, 3.05) is 11.9 Å². The SMILES string of the molecule is NCCc1ccc(NC(=O)CC2CC3CCC2C3)cc1. The van der Waals surface area contributed by atoms with Crippen molar-refractivity contribution in [2.45, 2.75) is 38.5 Å². The normalized spacial score (nSPS) is 27.8. The molecule has 108 valence electrons. The summed E-state index contributed by atoms with van der Waals surface area (Å²) in [6.07, 6.45) is 6.96. The Hall–Kier alpha value is -1.35. The van der Waals surface area contributed by atoms with Gasteiger partial charge in [0.2, 0.25) is 5.91 Å². The quantitative estimate of drug-likeness (QED) is 0.866. The molecule has 1 aromatic carbocycles. The van der Waals surface area contributed by atoms with E-state index < -0.39 is 0 Å². The summed E-state index contributed by atoms with van der Waals surface area (Å²) in [5, 5.41) is 3.03. The van der Waals surface area contributed by atoms with Gasteiger partial charge in [-0.3, -0.25) is 4.79 Å². The van der Waals surface area contributed by atoms with Crippen LogP contribution < -0.4 is 11.1 Å². The molecular weight excluding hydrogens is 248 g/mol. The van der Waals surface area contributed by atoms with Gasteiger partial charge in [0.1, 0.15) is 0 Å². The molecule has 1 amide bonds. The lowest BCUT2D eigenvalue weighted by Crippen LogP contribution is -2.20. The molecule has 2 fully saturated rings. The number of rotatable bonds is 5. The number of benzene rings is 1. The Morgan fingerprint density at radius 2 is 2.00 bits per heavy atom. The minimum absolute atomic E-state index is 0.175. The first kappa shape index (κ1) is 13.6. The van der Waals surface area contributed by atoms with Gasteiger partial charge in [0.05, 0.1) is 0 Å². The van der Waals surface area contributed by atoms with Gasteiger partial charge in [0.25, 0.3) is 0 Å². The largest absolute Gasteiger partial charge is 0.330 e. The van der Waals surface area contributed by atoms with Crippen LogP contribution in [0.3, 0.4) is 0 Å². The van der Waals surface area contributed by atoms with Crippen LogP contribution in [0.25, 0.3) is 0 Å². The van der Waals surface area contributed by atoms with Gasteiger partial charge in [-0.15, -0.1) is 0 Å². The molecule has 3 heteroatoms. The smallest absolute Gasteiger partial charge is 0.224 e. The van der Waals surface area contributed by atoms with E-state index in [-0.39, 0.29) is 5.91 Å². The van der Waals surface area contributed by atoms with Crippen molar-refractivity contribution in [2.24, 2.45) is 23.5 Å². The van der Waals surface area contributed by atoms with Crippen molar-refractivity contribution in [3.05, 3.63) is 29.8 Å². The highest BCUT2D eigenvalue weighted by Crippen LogP contribution is 2.49. The standard InChI is InChI=1S/C17H24N2O/c18-8-7-12-2-5-16(6-3-12)19-17(20)11-15-10-13-1-4-14(15)9-13/h2-3,5-6,13-15H,1,4,7-11,18H2,(H,19,20). The number of hydrogen-bond donors (Lipinski definition) is 2. The molecule has 2 aliphatic rings. The van der Waals surface area contributed by atoms with E-state index in [1.807, 2.05) is 24.3 Å². The highest BCUT2D eigenvalue weighted by Gasteiger charge is 2.40. The maximum atomic E-state index is 12.1. The molecule has 3 unspecified atom stereocenters. The predicted molar refractivity (Wildman–Crippen MR) is 81.4 cm³/mol. The van der Waals surface area contributed by atoms with Gasteiger partial charge in [0, 0.05) is 12.1 Å². The average Bonchev–Trinajstić information content (AvgIpc) is 3.03. The molecule has 2 bridgehead atoms. The fraction of sp³-hybridized carbons (Fsp3) is 0.588. The second-order valence-electron chi connectivity index (χ2n) is 6.42. The molecular formula is C17H24N2O. The van der Waals surface area contributed by atoms with Crippen molar-refractivity contribution in [1.29, 1.82) is 0 Å². The Morgan fingerprint density at radius 1 is 1.20 bits per heavy atom. The Kier molecular flexibility index (Phi) is 4.06. The summed E-state index contributed by atoms with van der Waals surface area (Å²) in [4.78, 5) is 12.1. The van der Waals surface area contributed by atoms with Gasteiger partial charge in [-0.2, -0.15) is 0 Å². The summed E-state index contributed by atoms with van der Waals surface area (Å²) >= 11 is 0. The Labute approximate surface area is 120 Å². The minimum Gasteiger partial charge on any atom is -0.330 e. The van der Waals surface area contributed by atoms with E-state index in [0.717, 1.165) is 23.9 Å². The van der Waals surface area contributed by atoms with E-state index in [4.69, 9.17) is 5.73 Å². The summed E-state index contributed by atoms with van der Waals surface area (Å²) in [6.45, 7) is 0.663. The molecule has 1 aromatic rings. The molecule has 0 radical (unpaired) electrons. The number of anilines is 1. The second kappa shape index (κ2) is 5.96. The minimum atomic E-state index is 0.175. The van der Waals surface area contributed by atoms with E-state index in [0.29, 0.717) is 18.9 Å². The van der Waals surface area contributed by atoms with Gasteiger partial charge < -0.3 is 11.1 Å². The zero-order valence-corrected chi connectivity index (χ0v) is 12.0. The summed E-state index contributed by atoms with van der Waals surface area (Å²) < 4.78 is 0. The molecule has 3 atom stereocenters. The molecule has 0 aromatic heterocycles. The molecule has 0 heterocycles. The molecule has 3 nitrogen and oxygen atoms in total. The van der Waals surface area contributed by atoms with Crippen LogP contribution in [-0.2, 0) is 11.2 Å². The number of fused-ring (bicyclic) bond motifs is 2. The summed E-state index contributed by atoms with van der Waals surface area (Å²) in [5.74, 6) is 2.53. The van der Waals surface area contributed by atoms with Crippen LogP contribution in [0, 0.1) is 17.8 Å². The van der Waals surface area contributed by atoms with Crippen LogP contribution in [-0.4, -0.2) is 12.5 Å². The number of amides is 1. The Bertz CT molecular complexity index is 468. The van der Waals surface area contributed by atoms with Gasteiger partial charge >= 0.3 is 0 Å². The molecule has 2 saturated carbocycles. The van der Waals surface area contributed by atoms with E-state index in [1.165, 1.54) is 31.2 Å². The Balaban J connectivity index is 1.51. The molecule has 20 heavy (non-hydrogen) atoms. The lowest BCUT2D eigenvalue weighted by Gasteiger charge is -2.20. The summed E-state index contributed by atoms with van der Waals surface area (Å²) in [5.41, 5.74) is 7.65. The highest BCUT2D eigenvalue weighted by molar-refractivity contribution is 5.90. The zero-order valence-electron chi connectivity index (χ0n) is 12.0. The van der Waals surface area contributed by atoms with E-state index in [2.05, 4.69) is 5.32 Å². The summed E-state index contributed by atoms with van der Waals surface area (Å²) in [6, 6.07) is 8.04. The van der Waals surface area contributed by atoms with Crippen LogP contribution >= 0.6 is 0 Å². The number of carbonyl (C=O) groups is 1. The van der Waals surface area contributed by atoms with E-state index >= 15 is 0 Å². The molecule has 0 aliphatic heterocycles. The van der Waals surface area contributed by atoms with Crippen LogP contribution in [0.1, 0.15) is 37.7 Å². The van der Waals surface area contributed by atoms with Gasteiger partial charge in [-0.1, -0.05) is 18.6 Å². The first-order valence-corrected chi connectivity index (χ1v) is 7.83. The van der Waals surface area contributed by atoms with Gasteiger partial charge in [-0.05, 0) is 67.7 Å². The number of nitrogens with one attached hydrogen (secondary N) is 1. The van der Waals surface area contributed by atoms with Crippen LogP contribution in [0.2, 0.25) is 0 Å². The Morgan fingerprint density at radius 3 is 2.60 bits per heavy atom. The van der Waals surface area contributed by atoms with Crippen molar-refractivity contribution >= 4 is 11.6 Å². The highest BCUT2D eigenvalue weighted by atomic mass is 16.1. The van der Waals surface area contributed by atoms with Crippen molar-refractivity contribution in [3.63, 3.8) is 0 Å². The molecule has 3 rings (SSSR count). The number of carbonyl (C=O) groups excluding carboxylic acids is 1. The lowest BCUT2D eigenvalue weighted by molar-refractivity contribution is -0.117. The predicted octanol–water partition coefficient (Wildman–Crippen LogP) is 2.95. The van der Waals surface area contributed by atoms with Gasteiger partial charge in [0.15, 0.2) is 0 Å². The fourth-order valence-electron chi connectivity index (χ4n) is 4.00. The van der Waals surface area contributed by atoms with Crippen LogP contribution in [0.4, 0.5) is 5.69 Å². The number of hydrogen-bond acceptors (Lipinski definition) is 2. The first-order valence-electron chi connectivity index (χ1n) is 7.83. The lowest BCUT2D eigenvalue weighted by atomic mass is 9.86. The van der Waals surface area contributed by atoms with Gasteiger partial charge in [-0.25, -0.2) is 0 Å². The molecule has 3 N–H and O–H groups in total. The van der Waals surface area contributed by atoms with E-state index in [9.17, 15) is 4.79 Å². The third-order valence-electron chi connectivity index (χ3n) is 5.00. The first-order chi connectivity index (χ1) is 9.74. The zero-order chi connectivity index (χ0) is 13.9. The third-order valence-corrected chi connectivity index (χ3v) is 5.00.